The van der Waals surface area contributed by atoms with Crippen LogP contribution in [0.4, 0.5) is 17.5 Å². The molecule has 8 rings (SSSR count). The largest absolute Gasteiger partial charge is 0.360 e. The molecule has 7 heterocycles. The van der Waals surface area contributed by atoms with Gasteiger partial charge in [0.15, 0.2) is 0 Å². The number of piperazine rings is 1. The van der Waals surface area contributed by atoms with Gasteiger partial charge in [0, 0.05) is 70.0 Å². The Balaban J connectivity index is 1.37. The third kappa shape index (κ3) is 6.35. The maximum absolute atomic E-state index is 4.75. The monoisotopic (exact) mass is 471 g/mol. The van der Waals surface area contributed by atoms with Crippen LogP contribution in [0, 0.1) is 5.92 Å². The van der Waals surface area contributed by atoms with Gasteiger partial charge in [-0.2, -0.15) is 0 Å². The third-order valence-electron chi connectivity index (χ3n) is 7.27. The Kier molecular flexibility index (Phi) is 7.54. The summed E-state index contributed by atoms with van der Waals surface area (Å²) in [7, 11) is 2.13. The van der Waals surface area contributed by atoms with Gasteiger partial charge in [-0.25, -0.2) is 15.0 Å². The topological polar surface area (TPSA) is 60.4 Å². The van der Waals surface area contributed by atoms with Crippen molar-refractivity contribution in [3.05, 3.63) is 60.4 Å². The number of aromatic nitrogens is 3. The average molecular weight is 472 g/mol. The molecule has 1 aromatic carbocycles. The lowest BCUT2D eigenvalue weighted by Crippen LogP contribution is -2.46. The molecular weight excluding hydrogens is 434 g/mol. The first-order chi connectivity index (χ1) is 17.1. The van der Waals surface area contributed by atoms with Gasteiger partial charge < -0.3 is 15.1 Å². The standard InChI is InChI=1S/C28H37N7/c1-22-5-4-13-33(2)27-9-8-24(20-30-27)26-10-12-29-28(32-26)31-25-7-3-6-23(19-25)21-35-17-15-34(14-11-22)16-18-35/h3,6-10,12,19-20,22H,4-5,11,13-18,21H2,1-2H3,(H,29,31,32). The van der Waals surface area contributed by atoms with E-state index in [-0.39, 0.29) is 0 Å². The maximum atomic E-state index is 4.75. The first kappa shape index (κ1) is 23.7. The number of hydrogen-bond acceptors (Lipinski definition) is 7. The van der Waals surface area contributed by atoms with Crippen LogP contribution >= 0.6 is 0 Å². The summed E-state index contributed by atoms with van der Waals surface area (Å²) in [6.45, 7) is 10.2. The molecule has 7 heteroatoms. The van der Waals surface area contributed by atoms with Crippen LogP contribution in [0.2, 0.25) is 0 Å². The number of pyridine rings is 1. The number of rotatable bonds is 0. The summed E-state index contributed by atoms with van der Waals surface area (Å²) >= 11 is 0. The van der Waals surface area contributed by atoms with Crippen molar-refractivity contribution in [2.45, 2.75) is 32.7 Å². The van der Waals surface area contributed by atoms with Crippen molar-refractivity contribution < 1.29 is 0 Å². The van der Waals surface area contributed by atoms with E-state index in [1.165, 1.54) is 31.4 Å². The summed E-state index contributed by atoms with van der Waals surface area (Å²) < 4.78 is 0. The van der Waals surface area contributed by atoms with E-state index < -0.39 is 0 Å². The fourth-order valence-corrected chi connectivity index (χ4v) is 4.99. The molecule has 0 spiro atoms. The molecule has 1 unspecified atom stereocenters. The molecule has 8 bridgehead atoms. The Hall–Kier alpha value is -3.03. The maximum Gasteiger partial charge on any atom is 0.227 e. The van der Waals surface area contributed by atoms with Crippen LogP contribution in [0.25, 0.3) is 11.3 Å². The van der Waals surface area contributed by atoms with E-state index in [0.29, 0.717) is 5.95 Å². The summed E-state index contributed by atoms with van der Waals surface area (Å²) in [5.74, 6) is 2.35. The minimum atomic E-state index is 0.599. The highest BCUT2D eigenvalue weighted by molar-refractivity contribution is 5.62. The van der Waals surface area contributed by atoms with Gasteiger partial charge in [-0.15, -0.1) is 0 Å². The number of nitrogens with one attached hydrogen (secondary N) is 1. The van der Waals surface area contributed by atoms with Crippen LogP contribution in [0.5, 0.6) is 0 Å². The molecule has 3 aromatic rings. The molecule has 35 heavy (non-hydrogen) atoms. The third-order valence-corrected chi connectivity index (χ3v) is 7.27. The number of nitrogens with zero attached hydrogens (tertiary/aromatic N) is 6. The van der Waals surface area contributed by atoms with Crippen LogP contribution in [0.15, 0.2) is 54.9 Å². The number of hydrogen-bond donors (Lipinski definition) is 1. The highest BCUT2D eigenvalue weighted by Gasteiger charge is 2.18. The van der Waals surface area contributed by atoms with Crippen LogP contribution in [-0.4, -0.2) is 71.1 Å². The van der Waals surface area contributed by atoms with Crippen LogP contribution in [0.1, 0.15) is 31.7 Å². The van der Waals surface area contributed by atoms with Gasteiger partial charge in [-0.1, -0.05) is 19.1 Å². The summed E-state index contributed by atoms with van der Waals surface area (Å²) in [4.78, 5) is 21.4. The van der Waals surface area contributed by atoms with Crippen molar-refractivity contribution in [3.63, 3.8) is 0 Å². The Labute approximate surface area is 209 Å². The second-order valence-electron chi connectivity index (χ2n) is 10.1. The van der Waals surface area contributed by atoms with Crippen LogP contribution in [0.3, 0.4) is 0 Å². The number of anilines is 3. The lowest BCUT2D eigenvalue weighted by atomic mass is 10.0. The van der Waals surface area contributed by atoms with Gasteiger partial charge in [0.1, 0.15) is 5.82 Å². The smallest absolute Gasteiger partial charge is 0.227 e. The lowest BCUT2D eigenvalue weighted by Gasteiger charge is -2.35. The van der Waals surface area contributed by atoms with Crippen molar-refractivity contribution in [2.75, 3.05) is 56.5 Å². The predicted octanol–water partition coefficient (Wildman–Crippen LogP) is 4.66. The van der Waals surface area contributed by atoms with E-state index in [4.69, 9.17) is 9.97 Å². The molecule has 0 amide bonds. The average Bonchev–Trinajstić information content (AvgIpc) is 2.88. The highest BCUT2D eigenvalue weighted by atomic mass is 15.3. The van der Waals surface area contributed by atoms with Gasteiger partial charge in [-0.05, 0) is 67.6 Å². The zero-order chi connectivity index (χ0) is 24.0. The molecule has 1 N–H and O–H groups in total. The Bertz CT molecular complexity index is 1090. The van der Waals surface area contributed by atoms with Gasteiger partial charge in [0.2, 0.25) is 5.95 Å². The molecule has 1 saturated heterocycles. The fourth-order valence-electron chi connectivity index (χ4n) is 4.99. The van der Waals surface area contributed by atoms with E-state index in [1.807, 2.05) is 12.3 Å². The molecule has 1 fully saturated rings. The quantitative estimate of drug-likeness (QED) is 0.512. The molecule has 0 aliphatic carbocycles. The van der Waals surface area contributed by atoms with Crippen molar-refractivity contribution in [1.29, 1.82) is 0 Å². The van der Waals surface area contributed by atoms with E-state index in [1.54, 1.807) is 6.20 Å². The van der Waals surface area contributed by atoms with E-state index in [2.05, 4.69) is 75.4 Å². The van der Waals surface area contributed by atoms with Gasteiger partial charge in [0.05, 0.1) is 5.69 Å². The molecule has 184 valence electrons. The second kappa shape index (κ2) is 11.1. The first-order valence-electron chi connectivity index (χ1n) is 12.9. The molecule has 5 aliphatic rings. The van der Waals surface area contributed by atoms with Gasteiger partial charge >= 0.3 is 0 Å². The van der Waals surface area contributed by atoms with Crippen LogP contribution < -0.4 is 10.2 Å². The van der Waals surface area contributed by atoms with Crippen molar-refractivity contribution in [1.82, 2.24) is 24.8 Å². The SMILES string of the molecule is CC1CCCN(C)c2ccc(cn2)-c2ccnc(n2)Nc2cccc(c2)CN2CCN(CC1)CC2. The van der Waals surface area contributed by atoms with Gasteiger partial charge in [-0.3, -0.25) is 4.90 Å². The van der Waals surface area contributed by atoms with E-state index in [9.17, 15) is 0 Å². The second-order valence-corrected chi connectivity index (χ2v) is 10.1. The Morgan fingerprint density at radius 2 is 1.74 bits per heavy atom. The predicted molar refractivity (Wildman–Crippen MR) is 143 cm³/mol. The molecule has 0 radical (unpaired) electrons. The normalized spacial score (nSPS) is 23.6. The number of benzene rings is 1. The highest BCUT2D eigenvalue weighted by Crippen LogP contribution is 2.23. The molecule has 2 aromatic heterocycles. The summed E-state index contributed by atoms with van der Waals surface area (Å²) in [5.41, 5.74) is 4.19. The van der Waals surface area contributed by atoms with Crippen molar-refractivity contribution >= 4 is 17.5 Å². The van der Waals surface area contributed by atoms with Crippen molar-refractivity contribution in [2.24, 2.45) is 5.92 Å². The molecule has 7 nitrogen and oxygen atoms in total. The summed E-state index contributed by atoms with van der Waals surface area (Å²) in [6, 6.07) is 14.7. The summed E-state index contributed by atoms with van der Waals surface area (Å²) in [6.07, 6.45) is 7.44. The summed E-state index contributed by atoms with van der Waals surface area (Å²) in [5, 5.41) is 3.40. The molecular formula is C28H37N7. The zero-order valence-electron chi connectivity index (χ0n) is 21.0. The zero-order valence-corrected chi connectivity index (χ0v) is 21.0. The fraction of sp³-hybridized carbons (Fsp3) is 0.464. The minimum Gasteiger partial charge on any atom is -0.360 e. The molecule has 0 saturated carbocycles. The first-order valence-corrected chi connectivity index (χ1v) is 12.9. The Morgan fingerprint density at radius 1 is 0.886 bits per heavy atom. The van der Waals surface area contributed by atoms with E-state index >= 15 is 0 Å². The molecule has 1 atom stereocenters. The van der Waals surface area contributed by atoms with E-state index in [0.717, 1.165) is 67.9 Å². The Morgan fingerprint density at radius 3 is 2.57 bits per heavy atom. The van der Waals surface area contributed by atoms with Gasteiger partial charge in [0.25, 0.3) is 0 Å². The molecule has 5 aliphatic heterocycles. The van der Waals surface area contributed by atoms with Crippen molar-refractivity contribution in [3.8, 4) is 11.3 Å². The minimum absolute atomic E-state index is 0.599. The lowest BCUT2D eigenvalue weighted by molar-refractivity contribution is 0.122. The van der Waals surface area contributed by atoms with Crippen LogP contribution in [-0.2, 0) is 6.54 Å².